The van der Waals surface area contributed by atoms with Gasteiger partial charge in [-0.3, -0.25) is 0 Å². The van der Waals surface area contributed by atoms with Crippen molar-refractivity contribution >= 4 is 32.5 Å². The predicted molar refractivity (Wildman–Crippen MR) is 79.6 cm³/mol. The fourth-order valence-electron chi connectivity index (χ4n) is 2.22. The van der Waals surface area contributed by atoms with Crippen LogP contribution in [-0.2, 0) is 6.54 Å². The summed E-state index contributed by atoms with van der Waals surface area (Å²) in [6.07, 6.45) is 2.09. The summed E-state index contributed by atoms with van der Waals surface area (Å²) in [5, 5.41) is 1.12. The van der Waals surface area contributed by atoms with Crippen LogP contribution in [0.1, 0.15) is 5.56 Å². The lowest BCUT2D eigenvalue weighted by molar-refractivity contribution is 0.836. The smallest absolute Gasteiger partial charge is 0.0504 e. The number of benzene rings is 2. The molecule has 2 nitrogen and oxygen atoms in total. The first-order chi connectivity index (χ1) is 8.74. The Kier molecular flexibility index (Phi) is 2.84. The third kappa shape index (κ3) is 2.02. The van der Waals surface area contributed by atoms with Gasteiger partial charge >= 0.3 is 0 Å². The molecule has 2 N–H and O–H groups in total. The van der Waals surface area contributed by atoms with Crippen molar-refractivity contribution < 1.29 is 0 Å². The summed E-state index contributed by atoms with van der Waals surface area (Å²) < 4.78 is 3.32. The Morgan fingerprint density at radius 2 is 1.89 bits per heavy atom. The van der Waals surface area contributed by atoms with Crippen molar-refractivity contribution in [3.63, 3.8) is 0 Å². The van der Waals surface area contributed by atoms with Crippen molar-refractivity contribution in [1.29, 1.82) is 0 Å². The van der Waals surface area contributed by atoms with E-state index in [2.05, 4.69) is 57.0 Å². The number of aromatic nitrogens is 1. The van der Waals surface area contributed by atoms with Crippen LogP contribution in [0.25, 0.3) is 10.9 Å². The molecule has 90 valence electrons. The second-order valence-electron chi connectivity index (χ2n) is 4.35. The molecule has 0 aliphatic carbocycles. The quantitative estimate of drug-likeness (QED) is 0.712. The van der Waals surface area contributed by atoms with Crippen LogP contribution in [-0.4, -0.2) is 4.57 Å². The normalized spacial score (nSPS) is 10.9. The maximum atomic E-state index is 5.97. The summed E-state index contributed by atoms with van der Waals surface area (Å²) in [4.78, 5) is 0. The minimum absolute atomic E-state index is 0.834. The standard InChI is InChI=1S/C15H13BrN2/c16-12-4-1-3-11(9-12)10-18-8-7-13-14(17)5-2-6-15(13)18/h1-9H,10,17H2. The fourth-order valence-corrected chi connectivity index (χ4v) is 2.66. The molecule has 18 heavy (non-hydrogen) atoms. The Balaban J connectivity index is 2.03. The number of anilines is 1. The molecule has 0 saturated carbocycles. The van der Waals surface area contributed by atoms with E-state index in [0.717, 1.165) is 22.1 Å². The van der Waals surface area contributed by atoms with E-state index in [1.807, 2.05) is 18.2 Å². The van der Waals surface area contributed by atoms with Crippen molar-refractivity contribution in [1.82, 2.24) is 4.57 Å². The van der Waals surface area contributed by atoms with Gasteiger partial charge in [-0.05, 0) is 35.9 Å². The third-order valence-corrected chi connectivity index (χ3v) is 3.58. The van der Waals surface area contributed by atoms with Gasteiger partial charge in [0.25, 0.3) is 0 Å². The molecule has 1 aromatic heterocycles. The van der Waals surface area contributed by atoms with Crippen LogP contribution in [0, 0.1) is 0 Å². The number of nitrogens with zero attached hydrogens (tertiary/aromatic N) is 1. The van der Waals surface area contributed by atoms with E-state index in [9.17, 15) is 0 Å². The number of hydrogen-bond acceptors (Lipinski definition) is 1. The summed E-state index contributed by atoms with van der Waals surface area (Å²) in [6, 6.07) is 16.5. The number of rotatable bonds is 2. The van der Waals surface area contributed by atoms with E-state index in [1.54, 1.807) is 0 Å². The van der Waals surface area contributed by atoms with E-state index >= 15 is 0 Å². The van der Waals surface area contributed by atoms with Crippen LogP contribution < -0.4 is 5.73 Å². The molecule has 0 bridgehead atoms. The van der Waals surface area contributed by atoms with Gasteiger partial charge in [-0.15, -0.1) is 0 Å². The highest BCUT2D eigenvalue weighted by atomic mass is 79.9. The van der Waals surface area contributed by atoms with Crippen molar-refractivity contribution in [3.8, 4) is 0 Å². The third-order valence-electron chi connectivity index (χ3n) is 3.09. The van der Waals surface area contributed by atoms with E-state index in [1.165, 1.54) is 11.1 Å². The molecule has 1 heterocycles. The molecule has 0 aliphatic rings. The lowest BCUT2D eigenvalue weighted by Gasteiger charge is -2.06. The van der Waals surface area contributed by atoms with Gasteiger partial charge in [0, 0.05) is 28.3 Å². The second kappa shape index (κ2) is 4.50. The summed E-state index contributed by atoms with van der Waals surface area (Å²) >= 11 is 3.50. The van der Waals surface area contributed by atoms with Crippen molar-refractivity contribution in [2.75, 3.05) is 5.73 Å². The number of hydrogen-bond donors (Lipinski definition) is 1. The predicted octanol–water partition coefficient (Wildman–Crippen LogP) is 4.03. The lowest BCUT2D eigenvalue weighted by Crippen LogP contribution is -1.97. The zero-order valence-corrected chi connectivity index (χ0v) is 11.4. The Labute approximate surface area is 114 Å². The molecular formula is C15H13BrN2. The number of halogens is 1. The molecule has 0 unspecified atom stereocenters. The van der Waals surface area contributed by atoms with Gasteiger partial charge in [-0.2, -0.15) is 0 Å². The Morgan fingerprint density at radius 1 is 1.06 bits per heavy atom. The van der Waals surface area contributed by atoms with Crippen molar-refractivity contribution in [3.05, 3.63) is 64.8 Å². The summed E-state index contributed by atoms with van der Waals surface area (Å²) in [5.74, 6) is 0. The fraction of sp³-hybridized carbons (Fsp3) is 0.0667. The molecule has 3 aromatic rings. The van der Waals surface area contributed by atoms with E-state index in [-0.39, 0.29) is 0 Å². The lowest BCUT2D eigenvalue weighted by atomic mass is 10.2. The Morgan fingerprint density at radius 3 is 2.72 bits per heavy atom. The highest BCUT2D eigenvalue weighted by Gasteiger charge is 2.04. The molecule has 0 aliphatic heterocycles. The largest absolute Gasteiger partial charge is 0.398 e. The molecule has 0 saturated heterocycles. The molecule has 0 atom stereocenters. The van der Waals surface area contributed by atoms with Gasteiger partial charge < -0.3 is 10.3 Å². The summed E-state index contributed by atoms with van der Waals surface area (Å²) in [5.41, 5.74) is 9.24. The average Bonchev–Trinajstić information content (AvgIpc) is 2.74. The summed E-state index contributed by atoms with van der Waals surface area (Å²) in [7, 11) is 0. The molecule has 0 fully saturated rings. The zero-order valence-electron chi connectivity index (χ0n) is 9.81. The highest BCUT2D eigenvalue weighted by molar-refractivity contribution is 9.10. The van der Waals surface area contributed by atoms with Crippen LogP contribution in [0.5, 0.6) is 0 Å². The summed E-state index contributed by atoms with van der Waals surface area (Å²) in [6.45, 7) is 0.854. The molecule has 0 radical (unpaired) electrons. The molecule has 3 rings (SSSR count). The van der Waals surface area contributed by atoms with Crippen molar-refractivity contribution in [2.45, 2.75) is 6.54 Å². The topological polar surface area (TPSA) is 30.9 Å². The number of nitrogen functional groups attached to an aromatic ring is 1. The Hall–Kier alpha value is -1.74. The molecular weight excluding hydrogens is 288 g/mol. The minimum Gasteiger partial charge on any atom is -0.398 e. The molecule has 0 amide bonds. The molecule has 0 spiro atoms. The monoisotopic (exact) mass is 300 g/mol. The minimum atomic E-state index is 0.834. The average molecular weight is 301 g/mol. The van der Waals surface area contributed by atoms with Gasteiger partial charge in [-0.25, -0.2) is 0 Å². The SMILES string of the molecule is Nc1cccc2c1ccn2Cc1cccc(Br)c1. The molecule has 2 aromatic carbocycles. The van der Waals surface area contributed by atoms with Gasteiger partial charge in [-0.1, -0.05) is 34.1 Å². The Bertz CT molecular complexity index is 701. The van der Waals surface area contributed by atoms with Crippen molar-refractivity contribution in [2.24, 2.45) is 0 Å². The van der Waals surface area contributed by atoms with Crippen LogP contribution in [0.15, 0.2) is 59.2 Å². The van der Waals surface area contributed by atoms with Gasteiger partial charge in [0.2, 0.25) is 0 Å². The maximum absolute atomic E-state index is 5.97. The van der Waals surface area contributed by atoms with E-state index < -0.39 is 0 Å². The van der Waals surface area contributed by atoms with Gasteiger partial charge in [0.15, 0.2) is 0 Å². The van der Waals surface area contributed by atoms with Crippen LogP contribution in [0.2, 0.25) is 0 Å². The van der Waals surface area contributed by atoms with Gasteiger partial charge in [0.1, 0.15) is 0 Å². The zero-order chi connectivity index (χ0) is 12.5. The van der Waals surface area contributed by atoms with Gasteiger partial charge in [0.05, 0.1) is 5.52 Å². The highest BCUT2D eigenvalue weighted by Crippen LogP contribution is 2.23. The van der Waals surface area contributed by atoms with Crippen LogP contribution >= 0.6 is 15.9 Å². The van der Waals surface area contributed by atoms with Crippen LogP contribution in [0.4, 0.5) is 5.69 Å². The van der Waals surface area contributed by atoms with E-state index in [0.29, 0.717) is 0 Å². The number of nitrogens with two attached hydrogens (primary N) is 1. The van der Waals surface area contributed by atoms with E-state index in [4.69, 9.17) is 5.73 Å². The maximum Gasteiger partial charge on any atom is 0.0504 e. The van der Waals surface area contributed by atoms with Crippen LogP contribution in [0.3, 0.4) is 0 Å². The first-order valence-corrected chi connectivity index (χ1v) is 6.61. The number of fused-ring (bicyclic) bond motifs is 1. The second-order valence-corrected chi connectivity index (χ2v) is 5.27. The first-order valence-electron chi connectivity index (χ1n) is 5.82. The first kappa shape index (κ1) is 11.4. The molecule has 3 heteroatoms.